The van der Waals surface area contributed by atoms with Crippen molar-refractivity contribution >= 4 is 23.3 Å². The Morgan fingerprint density at radius 2 is 1.73 bits per heavy atom. The van der Waals surface area contributed by atoms with Crippen LogP contribution in [0.3, 0.4) is 0 Å². The molecule has 0 saturated carbocycles. The number of benzene rings is 2. The Labute approximate surface area is 168 Å². The summed E-state index contributed by atoms with van der Waals surface area (Å²) in [5.41, 5.74) is 0.283. The first-order chi connectivity index (χ1) is 14.2. The standard InChI is InChI=1S/C21H15F3N4O2/c1-27-16-5-3-2-4-14(16)20(19(27)30)10-17(29)26-18-15(20)11-25-28(18)13-8-6-12(7-9-13)21(22,23)24/h2-9,11H,10H2,1H3,(H,26,29)/t20-/m1/s1. The highest BCUT2D eigenvalue weighted by molar-refractivity contribution is 6.15. The van der Waals surface area contributed by atoms with Gasteiger partial charge in [0.2, 0.25) is 11.8 Å². The zero-order valence-corrected chi connectivity index (χ0v) is 15.7. The van der Waals surface area contributed by atoms with Crippen molar-refractivity contribution in [2.75, 3.05) is 17.3 Å². The number of alkyl halides is 3. The number of hydrogen-bond donors (Lipinski definition) is 1. The van der Waals surface area contributed by atoms with E-state index in [1.807, 2.05) is 18.2 Å². The molecule has 30 heavy (non-hydrogen) atoms. The Morgan fingerprint density at radius 3 is 2.43 bits per heavy atom. The van der Waals surface area contributed by atoms with Crippen molar-refractivity contribution in [1.82, 2.24) is 9.78 Å². The summed E-state index contributed by atoms with van der Waals surface area (Å²) in [7, 11) is 1.66. The van der Waals surface area contributed by atoms with Crippen molar-refractivity contribution in [3.8, 4) is 5.69 Å². The third-order valence-corrected chi connectivity index (χ3v) is 5.75. The van der Waals surface area contributed by atoms with E-state index >= 15 is 0 Å². The van der Waals surface area contributed by atoms with E-state index in [0.717, 1.165) is 12.1 Å². The highest BCUT2D eigenvalue weighted by Crippen LogP contribution is 2.51. The number of anilines is 2. The molecule has 0 radical (unpaired) electrons. The number of hydrogen-bond acceptors (Lipinski definition) is 3. The fourth-order valence-electron chi connectivity index (χ4n) is 4.35. The smallest absolute Gasteiger partial charge is 0.314 e. The molecule has 0 aliphatic carbocycles. The molecule has 5 rings (SSSR count). The highest BCUT2D eigenvalue weighted by Gasteiger charge is 2.56. The molecule has 2 amide bonds. The van der Waals surface area contributed by atoms with E-state index in [1.165, 1.54) is 27.9 Å². The van der Waals surface area contributed by atoms with E-state index in [4.69, 9.17) is 0 Å². The summed E-state index contributed by atoms with van der Waals surface area (Å²) >= 11 is 0. The molecule has 9 heteroatoms. The molecule has 152 valence electrons. The van der Waals surface area contributed by atoms with Gasteiger partial charge in [-0.25, -0.2) is 4.68 Å². The van der Waals surface area contributed by atoms with Gasteiger partial charge in [0.25, 0.3) is 0 Å². The zero-order valence-electron chi connectivity index (χ0n) is 15.7. The molecule has 3 aromatic rings. The van der Waals surface area contributed by atoms with E-state index in [0.29, 0.717) is 22.5 Å². The van der Waals surface area contributed by atoms with Crippen LogP contribution in [-0.2, 0) is 21.2 Å². The van der Waals surface area contributed by atoms with E-state index in [9.17, 15) is 22.8 Å². The molecule has 1 spiro atoms. The molecule has 2 aliphatic heterocycles. The number of amides is 2. The van der Waals surface area contributed by atoms with Gasteiger partial charge < -0.3 is 10.2 Å². The van der Waals surface area contributed by atoms with Gasteiger partial charge in [0.05, 0.1) is 17.4 Å². The van der Waals surface area contributed by atoms with Crippen LogP contribution in [-0.4, -0.2) is 28.6 Å². The van der Waals surface area contributed by atoms with Crippen LogP contribution in [0.4, 0.5) is 24.7 Å². The molecule has 6 nitrogen and oxygen atoms in total. The van der Waals surface area contributed by atoms with Gasteiger partial charge in [0, 0.05) is 24.7 Å². The molecule has 0 fully saturated rings. The monoisotopic (exact) mass is 412 g/mol. The Balaban J connectivity index is 1.68. The lowest BCUT2D eigenvalue weighted by atomic mass is 9.72. The van der Waals surface area contributed by atoms with Crippen molar-refractivity contribution < 1.29 is 22.8 Å². The highest BCUT2D eigenvalue weighted by atomic mass is 19.4. The van der Waals surface area contributed by atoms with Crippen LogP contribution in [0.25, 0.3) is 5.69 Å². The number of aromatic nitrogens is 2. The lowest BCUT2D eigenvalue weighted by molar-refractivity contribution is -0.137. The van der Waals surface area contributed by atoms with Gasteiger partial charge in [-0.1, -0.05) is 18.2 Å². The summed E-state index contributed by atoms with van der Waals surface area (Å²) in [4.78, 5) is 27.5. The van der Waals surface area contributed by atoms with E-state index in [1.54, 1.807) is 13.1 Å². The average Bonchev–Trinajstić information content (AvgIpc) is 3.23. The van der Waals surface area contributed by atoms with Crippen molar-refractivity contribution in [3.63, 3.8) is 0 Å². The van der Waals surface area contributed by atoms with Crippen LogP contribution < -0.4 is 10.2 Å². The van der Waals surface area contributed by atoms with Gasteiger partial charge in [-0.05, 0) is 35.9 Å². The first kappa shape index (κ1) is 18.4. The third kappa shape index (κ3) is 2.35. The lowest BCUT2D eigenvalue weighted by Crippen LogP contribution is -2.45. The molecule has 0 unspecified atom stereocenters. The minimum atomic E-state index is -4.45. The van der Waals surface area contributed by atoms with Crippen LogP contribution in [0.15, 0.2) is 54.7 Å². The zero-order chi connectivity index (χ0) is 21.3. The molecule has 0 saturated heterocycles. The van der Waals surface area contributed by atoms with Crippen LogP contribution in [0, 0.1) is 0 Å². The van der Waals surface area contributed by atoms with Gasteiger partial charge in [-0.2, -0.15) is 18.3 Å². The predicted molar refractivity (Wildman–Crippen MR) is 102 cm³/mol. The Bertz CT molecular complexity index is 1200. The minimum Gasteiger partial charge on any atom is -0.314 e. The van der Waals surface area contributed by atoms with Crippen LogP contribution >= 0.6 is 0 Å². The van der Waals surface area contributed by atoms with E-state index in [-0.39, 0.29) is 24.1 Å². The van der Waals surface area contributed by atoms with Gasteiger partial charge in [-0.3, -0.25) is 9.59 Å². The molecule has 1 atom stereocenters. The second-order valence-corrected chi connectivity index (χ2v) is 7.37. The largest absolute Gasteiger partial charge is 0.416 e. The van der Waals surface area contributed by atoms with Crippen LogP contribution in [0.2, 0.25) is 0 Å². The number of halogens is 3. The fourth-order valence-corrected chi connectivity index (χ4v) is 4.35. The summed E-state index contributed by atoms with van der Waals surface area (Å²) in [5.74, 6) is -0.328. The first-order valence-electron chi connectivity index (χ1n) is 9.17. The molecular formula is C21H15F3N4O2. The van der Waals surface area contributed by atoms with Crippen LogP contribution in [0.1, 0.15) is 23.1 Å². The summed E-state index contributed by atoms with van der Waals surface area (Å²) < 4.78 is 40.0. The number of carbonyl (C=O) groups excluding carboxylic acids is 2. The Hall–Kier alpha value is -3.62. The number of nitrogens with zero attached hydrogens (tertiary/aromatic N) is 3. The molecule has 1 aromatic heterocycles. The van der Waals surface area contributed by atoms with Crippen molar-refractivity contribution in [2.45, 2.75) is 18.0 Å². The number of rotatable bonds is 1. The molecule has 3 heterocycles. The van der Waals surface area contributed by atoms with E-state index < -0.39 is 17.2 Å². The Kier molecular flexibility index (Phi) is 3.65. The topological polar surface area (TPSA) is 67.2 Å². The average molecular weight is 412 g/mol. The molecular weight excluding hydrogens is 397 g/mol. The lowest BCUT2D eigenvalue weighted by Gasteiger charge is -2.32. The molecule has 2 aliphatic rings. The summed E-state index contributed by atoms with van der Waals surface area (Å²) in [6, 6.07) is 11.7. The SMILES string of the molecule is CN1C(=O)[C@]2(CC(=O)Nc3c2cnn3-c2ccc(C(F)(F)F)cc2)c2ccccc21. The molecule has 2 aromatic carbocycles. The number of fused-ring (bicyclic) bond motifs is 4. The van der Waals surface area contributed by atoms with Crippen LogP contribution in [0.5, 0.6) is 0 Å². The third-order valence-electron chi connectivity index (χ3n) is 5.75. The first-order valence-corrected chi connectivity index (χ1v) is 9.17. The number of carbonyl (C=O) groups is 2. The van der Waals surface area contributed by atoms with Gasteiger partial charge in [0.1, 0.15) is 11.2 Å². The maximum absolute atomic E-state index is 13.3. The van der Waals surface area contributed by atoms with Gasteiger partial charge in [-0.15, -0.1) is 0 Å². The molecule has 1 N–H and O–H groups in total. The van der Waals surface area contributed by atoms with Crippen molar-refractivity contribution in [2.24, 2.45) is 0 Å². The van der Waals surface area contributed by atoms with Gasteiger partial charge >= 0.3 is 6.18 Å². The maximum atomic E-state index is 13.3. The van der Waals surface area contributed by atoms with Crippen molar-refractivity contribution in [3.05, 3.63) is 71.4 Å². The van der Waals surface area contributed by atoms with Crippen molar-refractivity contribution in [1.29, 1.82) is 0 Å². The number of para-hydroxylation sites is 1. The molecule has 0 bridgehead atoms. The number of likely N-dealkylation sites (N-methyl/N-ethyl adjacent to an activating group) is 1. The fraction of sp³-hybridized carbons (Fsp3) is 0.190. The normalized spacial score (nSPS) is 20.3. The Morgan fingerprint density at radius 1 is 1.03 bits per heavy atom. The summed E-state index contributed by atoms with van der Waals surface area (Å²) in [6.45, 7) is 0. The second-order valence-electron chi connectivity index (χ2n) is 7.37. The summed E-state index contributed by atoms with van der Waals surface area (Å²) in [6.07, 6.45) is -3.02. The van der Waals surface area contributed by atoms with Gasteiger partial charge in [0.15, 0.2) is 0 Å². The maximum Gasteiger partial charge on any atom is 0.416 e. The van der Waals surface area contributed by atoms with E-state index in [2.05, 4.69) is 10.4 Å². The summed E-state index contributed by atoms with van der Waals surface area (Å²) in [5, 5.41) is 7.03. The second kappa shape index (κ2) is 5.94. The number of nitrogens with one attached hydrogen (secondary N) is 1. The minimum absolute atomic E-state index is 0.0705. The predicted octanol–water partition coefficient (Wildman–Crippen LogP) is 3.50. The quantitative estimate of drug-likeness (QED) is 0.665.